The summed E-state index contributed by atoms with van der Waals surface area (Å²) in [5, 5.41) is 3.59. The Kier molecular flexibility index (Phi) is 3.48. The van der Waals surface area contributed by atoms with Gasteiger partial charge in [-0.1, -0.05) is 24.7 Å². The molecule has 3 N–H and O–H groups in total. The lowest BCUT2D eigenvalue weighted by Gasteiger charge is -2.23. The molecule has 2 aliphatic rings. The number of rotatable bonds is 4. The number of nitrogens with two attached hydrogens (primary N) is 1. The van der Waals surface area contributed by atoms with Gasteiger partial charge in [0.2, 0.25) is 0 Å². The number of nitrogens with one attached hydrogen (secondary N) is 1. The fraction of sp³-hybridized carbons (Fsp3) is 0.562. The second kappa shape index (κ2) is 5.12. The molecular formula is C16H22N2S. The Morgan fingerprint density at radius 2 is 2.21 bits per heavy atom. The average Bonchev–Trinajstić information content (AvgIpc) is 2.98. The van der Waals surface area contributed by atoms with E-state index < -0.39 is 0 Å². The zero-order valence-electron chi connectivity index (χ0n) is 11.5. The minimum Gasteiger partial charge on any atom is -0.389 e. The SMILES string of the molecule is Cc1ccc(C(N)=S)c(NCC2CC3CCC2C3)c1. The molecule has 3 heteroatoms. The van der Waals surface area contributed by atoms with Crippen LogP contribution in [0.4, 0.5) is 5.69 Å². The smallest absolute Gasteiger partial charge is 0.106 e. The summed E-state index contributed by atoms with van der Waals surface area (Å²) < 4.78 is 0. The van der Waals surface area contributed by atoms with Crippen LogP contribution in [0.5, 0.6) is 0 Å². The Labute approximate surface area is 120 Å². The maximum atomic E-state index is 5.80. The summed E-state index contributed by atoms with van der Waals surface area (Å²) >= 11 is 5.13. The third kappa shape index (κ3) is 2.62. The van der Waals surface area contributed by atoms with Crippen molar-refractivity contribution in [1.82, 2.24) is 0 Å². The molecule has 102 valence electrons. The van der Waals surface area contributed by atoms with E-state index in [0.29, 0.717) is 4.99 Å². The highest BCUT2D eigenvalue weighted by atomic mass is 32.1. The molecule has 19 heavy (non-hydrogen) atoms. The number of hydrogen-bond donors (Lipinski definition) is 2. The predicted molar refractivity (Wildman–Crippen MR) is 84.5 cm³/mol. The van der Waals surface area contributed by atoms with Crippen molar-refractivity contribution in [2.24, 2.45) is 23.5 Å². The molecular weight excluding hydrogens is 252 g/mol. The van der Waals surface area contributed by atoms with Crippen LogP contribution < -0.4 is 11.1 Å². The Morgan fingerprint density at radius 3 is 2.84 bits per heavy atom. The van der Waals surface area contributed by atoms with E-state index in [9.17, 15) is 0 Å². The van der Waals surface area contributed by atoms with Crippen LogP contribution in [0.25, 0.3) is 0 Å². The van der Waals surface area contributed by atoms with Gasteiger partial charge >= 0.3 is 0 Å². The quantitative estimate of drug-likeness (QED) is 0.826. The maximum absolute atomic E-state index is 5.80. The highest BCUT2D eigenvalue weighted by Gasteiger charge is 2.39. The van der Waals surface area contributed by atoms with Crippen LogP contribution in [0.3, 0.4) is 0 Å². The molecule has 3 rings (SSSR count). The Balaban J connectivity index is 1.69. The average molecular weight is 274 g/mol. The molecule has 2 aliphatic carbocycles. The first-order valence-electron chi connectivity index (χ1n) is 7.28. The maximum Gasteiger partial charge on any atom is 0.106 e. The van der Waals surface area contributed by atoms with Gasteiger partial charge in [0.25, 0.3) is 0 Å². The third-order valence-electron chi connectivity index (χ3n) is 4.88. The van der Waals surface area contributed by atoms with Crippen LogP contribution in [0.15, 0.2) is 18.2 Å². The fourth-order valence-electron chi connectivity index (χ4n) is 3.89. The topological polar surface area (TPSA) is 38.0 Å². The van der Waals surface area contributed by atoms with E-state index in [1.807, 2.05) is 6.07 Å². The largest absolute Gasteiger partial charge is 0.389 e. The molecule has 0 spiro atoms. The van der Waals surface area contributed by atoms with Gasteiger partial charge in [0.15, 0.2) is 0 Å². The lowest BCUT2D eigenvalue weighted by molar-refractivity contribution is 0.348. The van der Waals surface area contributed by atoms with Crippen LogP contribution in [0, 0.1) is 24.7 Å². The molecule has 2 bridgehead atoms. The number of anilines is 1. The molecule has 2 nitrogen and oxygen atoms in total. The minimum atomic E-state index is 0.482. The van der Waals surface area contributed by atoms with E-state index in [4.69, 9.17) is 18.0 Å². The van der Waals surface area contributed by atoms with Crippen molar-refractivity contribution in [1.29, 1.82) is 0 Å². The van der Waals surface area contributed by atoms with E-state index >= 15 is 0 Å². The number of thiocarbonyl (C=S) groups is 1. The van der Waals surface area contributed by atoms with Crippen molar-refractivity contribution in [2.75, 3.05) is 11.9 Å². The van der Waals surface area contributed by atoms with Crippen LogP contribution in [-0.2, 0) is 0 Å². The fourth-order valence-corrected chi connectivity index (χ4v) is 4.06. The molecule has 2 saturated carbocycles. The van der Waals surface area contributed by atoms with Gasteiger partial charge in [-0.2, -0.15) is 0 Å². The van der Waals surface area contributed by atoms with Crippen LogP contribution in [0.2, 0.25) is 0 Å². The first-order chi connectivity index (χ1) is 9.13. The lowest BCUT2D eigenvalue weighted by atomic mass is 9.89. The number of aryl methyl sites for hydroxylation is 1. The standard InChI is InChI=1S/C16H22N2S/c1-10-2-5-14(16(17)19)15(6-10)18-9-13-8-11-3-4-12(13)7-11/h2,5-6,11-13,18H,3-4,7-9H2,1H3,(H2,17,19). The zero-order valence-corrected chi connectivity index (χ0v) is 12.3. The summed E-state index contributed by atoms with van der Waals surface area (Å²) in [5.41, 5.74) is 9.13. The van der Waals surface area contributed by atoms with Crippen LogP contribution in [0.1, 0.15) is 36.8 Å². The van der Waals surface area contributed by atoms with Crippen molar-refractivity contribution in [3.05, 3.63) is 29.3 Å². The molecule has 0 amide bonds. The predicted octanol–water partition coefficient (Wildman–Crippen LogP) is 3.48. The van der Waals surface area contributed by atoms with Crippen LogP contribution >= 0.6 is 12.2 Å². The molecule has 1 aromatic carbocycles. The van der Waals surface area contributed by atoms with E-state index in [2.05, 4.69) is 24.4 Å². The first kappa shape index (κ1) is 12.9. The highest BCUT2D eigenvalue weighted by molar-refractivity contribution is 7.80. The summed E-state index contributed by atoms with van der Waals surface area (Å²) in [7, 11) is 0. The second-order valence-electron chi connectivity index (χ2n) is 6.23. The number of hydrogen-bond acceptors (Lipinski definition) is 2. The molecule has 3 unspecified atom stereocenters. The molecule has 2 fully saturated rings. The number of benzene rings is 1. The Morgan fingerprint density at radius 1 is 1.37 bits per heavy atom. The van der Waals surface area contributed by atoms with E-state index in [-0.39, 0.29) is 0 Å². The summed E-state index contributed by atoms with van der Waals surface area (Å²) in [6, 6.07) is 6.25. The molecule has 0 aromatic heterocycles. The van der Waals surface area contributed by atoms with E-state index in [1.165, 1.54) is 31.2 Å². The molecule has 0 saturated heterocycles. The summed E-state index contributed by atoms with van der Waals surface area (Å²) in [6.07, 6.45) is 5.77. The summed E-state index contributed by atoms with van der Waals surface area (Å²) in [5.74, 6) is 2.80. The third-order valence-corrected chi connectivity index (χ3v) is 5.10. The van der Waals surface area contributed by atoms with Crippen molar-refractivity contribution in [2.45, 2.75) is 32.6 Å². The van der Waals surface area contributed by atoms with Gasteiger partial charge in [0, 0.05) is 17.8 Å². The van der Waals surface area contributed by atoms with Gasteiger partial charge in [0.1, 0.15) is 4.99 Å². The molecule has 1 aromatic rings. The van der Waals surface area contributed by atoms with Gasteiger partial charge in [-0.25, -0.2) is 0 Å². The van der Waals surface area contributed by atoms with E-state index in [0.717, 1.165) is 35.5 Å². The van der Waals surface area contributed by atoms with Crippen molar-refractivity contribution >= 4 is 22.9 Å². The Bertz CT molecular complexity index is 498. The second-order valence-corrected chi connectivity index (χ2v) is 6.67. The van der Waals surface area contributed by atoms with Crippen molar-refractivity contribution in [3.63, 3.8) is 0 Å². The normalized spacial score (nSPS) is 28.6. The van der Waals surface area contributed by atoms with E-state index in [1.54, 1.807) is 0 Å². The first-order valence-corrected chi connectivity index (χ1v) is 7.68. The highest BCUT2D eigenvalue weighted by Crippen LogP contribution is 2.48. The van der Waals surface area contributed by atoms with Crippen molar-refractivity contribution in [3.8, 4) is 0 Å². The molecule has 0 aliphatic heterocycles. The van der Waals surface area contributed by atoms with Gasteiger partial charge in [0.05, 0.1) is 0 Å². The number of fused-ring (bicyclic) bond motifs is 2. The summed E-state index contributed by atoms with van der Waals surface area (Å²) in [4.78, 5) is 0.482. The van der Waals surface area contributed by atoms with Gasteiger partial charge in [-0.15, -0.1) is 0 Å². The van der Waals surface area contributed by atoms with Crippen molar-refractivity contribution < 1.29 is 0 Å². The molecule has 3 atom stereocenters. The summed E-state index contributed by atoms with van der Waals surface area (Å²) in [6.45, 7) is 3.17. The molecule has 0 radical (unpaired) electrons. The zero-order chi connectivity index (χ0) is 13.4. The molecule has 0 heterocycles. The lowest BCUT2D eigenvalue weighted by Crippen LogP contribution is -2.22. The Hall–Kier alpha value is -1.09. The minimum absolute atomic E-state index is 0.482. The van der Waals surface area contributed by atoms with Gasteiger partial charge < -0.3 is 11.1 Å². The van der Waals surface area contributed by atoms with Gasteiger partial charge in [-0.05, 0) is 61.6 Å². The van der Waals surface area contributed by atoms with Gasteiger partial charge in [-0.3, -0.25) is 0 Å². The van der Waals surface area contributed by atoms with Crippen LogP contribution in [-0.4, -0.2) is 11.5 Å². The monoisotopic (exact) mass is 274 g/mol.